The number of nitrogens with zero attached hydrogens (tertiary/aromatic N) is 5. The van der Waals surface area contributed by atoms with Gasteiger partial charge in [-0.1, -0.05) is 13.0 Å². The summed E-state index contributed by atoms with van der Waals surface area (Å²) in [7, 11) is 3.45. The molecule has 8 nitrogen and oxygen atoms in total. The molecule has 0 aliphatic heterocycles. The van der Waals surface area contributed by atoms with Crippen LogP contribution in [0.15, 0.2) is 24.3 Å². The Morgan fingerprint density at radius 2 is 2.26 bits per heavy atom. The first-order chi connectivity index (χ1) is 11.1. The number of hydrogen-bond donors (Lipinski definition) is 1. The first-order valence-electron chi connectivity index (χ1n) is 7.50. The van der Waals surface area contributed by atoms with Gasteiger partial charge in [0.15, 0.2) is 5.82 Å². The lowest BCUT2D eigenvalue weighted by molar-refractivity contribution is -0.117. The number of likely N-dealkylation sites (N-methyl/N-ethyl adjacent to an activating group) is 1. The highest BCUT2D eigenvalue weighted by molar-refractivity contribution is 5.92. The van der Waals surface area contributed by atoms with Crippen molar-refractivity contribution in [2.45, 2.75) is 26.4 Å². The Labute approximate surface area is 135 Å². The Kier molecular flexibility index (Phi) is 6.04. The van der Waals surface area contributed by atoms with Crippen LogP contribution in [0, 0.1) is 0 Å². The van der Waals surface area contributed by atoms with Crippen LogP contribution in [-0.4, -0.2) is 51.7 Å². The van der Waals surface area contributed by atoms with E-state index < -0.39 is 0 Å². The van der Waals surface area contributed by atoms with Crippen molar-refractivity contribution in [2.24, 2.45) is 0 Å². The van der Waals surface area contributed by atoms with Crippen molar-refractivity contribution in [2.75, 3.05) is 26.0 Å². The Balaban J connectivity index is 1.87. The molecule has 0 saturated carbocycles. The van der Waals surface area contributed by atoms with E-state index in [0.29, 0.717) is 18.0 Å². The molecular formula is C15H22N6O2. The lowest BCUT2D eigenvalue weighted by Gasteiger charge is -2.16. The first kappa shape index (κ1) is 16.9. The van der Waals surface area contributed by atoms with Crippen LogP contribution in [0.4, 0.5) is 5.69 Å². The summed E-state index contributed by atoms with van der Waals surface area (Å²) < 4.78 is 6.90. The van der Waals surface area contributed by atoms with E-state index in [4.69, 9.17) is 4.74 Å². The van der Waals surface area contributed by atoms with Crippen LogP contribution in [0.1, 0.15) is 19.2 Å². The molecule has 23 heavy (non-hydrogen) atoms. The van der Waals surface area contributed by atoms with Crippen LogP contribution in [-0.2, 0) is 17.9 Å². The molecule has 0 saturated heterocycles. The second kappa shape index (κ2) is 8.23. The normalized spacial score (nSPS) is 10.8. The summed E-state index contributed by atoms with van der Waals surface area (Å²) in [6, 6.07) is 7.26. The topological polar surface area (TPSA) is 85.2 Å². The van der Waals surface area contributed by atoms with Gasteiger partial charge in [0.1, 0.15) is 5.75 Å². The summed E-state index contributed by atoms with van der Waals surface area (Å²) in [4.78, 5) is 14.0. The van der Waals surface area contributed by atoms with E-state index in [1.54, 1.807) is 17.9 Å². The second-order valence-electron chi connectivity index (χ2n) is 5.27. The third kappa shape index (κ3) is 5.03. The number of hydrogen-bond acceptors (Lipinski definition) is 6. The van der Waals surface area contributed by atoms with E-state index in [9.17, 15) is 4.79 Å². The maximum atomic E-state index is 12.1. The monoisotopic (exact) mass is 318 g/mol. The predicted molar refractivity (Wildman–Crippen MR) is 86.1 cm³/mol. The average molecular weight is 318 g/mol. The molecule has 0 unspecified atom stereocenters. The molecule has 0 atom stereocenters. The molecule has 0 radical (unpaired) electrons. The van der Waals surface area contributed by atoms with Crippen LogP contribution in [0.2, 0.25) is 0 Å². The lowest BCUT2D eigenvalue weighted by atomic mass is 10.3. The van der Waals surface area contributed by atoms with Gasteiger partial charge in [-0.25, -0.2) is 4.68 Å². The number of rotatable bonds is 8. The number of aromatic nitrogens is 4. The van der Waals surface area contributed by atoms with E-state index in [0.717, 1.165) is 18.8 Å². The van der Waals surface area contributed by atoms with Gasteiger partial charge in [-0.15, -0.1) is 5.10 Å². The molecule has 1 aromatic heterocycles. The number of amides is 1. The fourth-order valence-corrected chi connectivity index (χ4v) is 2.17. The van der Waals surface area contributed by atoms with E-state index in [2.05, 4.69) is 27.8 Å². The minimum Gasteiger partial charge on any atom is -0.497 e. The predicted octanol–water partition coefficient (Wildman–Crippen LogP) is 1.16. The molecule has 1 heterocycles. The SMILES string of the molecule is CCCn1nnnc1CN(C)CC(=O)Nc1cccc(OC)c1. The van der Waals surface area contributed by atoms with Crippen molar-refractivity contribution in [3.63, 3.8) is 0 Å². The number of benzene rings is 1. The average Bonchev–Trinajstić information content (AvgIpc) is 2.94. The van der Waals surface area contributed by atoms with Crippen molar-refractivity contribution in [3.8, 4) is 5.75 Å². The summed E-state index contributed by atoms with van der Waals surface area (Å²) in [5, 5.41) is 14.5. The molecule has 0 spiro atoms. The van der Waals surface area contributed by atoms with Crippen molar-refractivity contribution in [1.29, 1.82) is 0 Å². The van der Waals surface area contributed by atoms with Gasteiger partial charge in [0.2, 0.25) is 5.91 Å². The lowest BCUT2D eigenvalue weighted by Crippen LogP contribution is -2.30. The summed E-state index contributed by atoms with van der Waals surface area (Å²) in [6.07, 6.45) is 0.956. The quantitative estimate of drug-likeness (QED) is 0.786. The molecule has 2 aromatic rings. The minimum atomic E-state index is -0.102. The standard InChI is InChI=1S/C15H22N6O2/c1-4-8-21-14(17-18-19-21)10-20(2)11-15(22)16-12-6-5-7-13(9-12)23-3/h5-7,9H,4,8,10-11H2,1-3H3,(H,16,22). The van der Waals surface area contributed by atoms with Crippen LogP contribution in [0.3, 0.4) is 0 Å². The summed E-state index contributed by atoms with van der Waals surface area (Å²) in [5.41, 5.74) is 0.707. The van der Waals surface area contributed by atoms with Gasteiger partial charge in [-0.05, 0) is 36.0 Å². The number of carbonyl (C=O) groups excluding carboxylic acids is 1. The Bertz CT molecular complexity index is 642. The van der Waals surface area contributed by atoms with Crippen LogP contribution in [0.25, 0.3) is 0 Å². The highest BCUT2D eigenvalue weighted by Gasteiger charge is 2.12. The van der Waals surface area contributed by atoms with E-state index in [1.165, 1.54) is 0 Å². The van der Waals surface area contributed by atoms with Crippen LogP contribution in [0.5, 0.6) is 5.75 Å². The Hall–Kier alpha value is -2.48. The molecule has 124 valence electrons. The second-order valence-corrected chi connectivity index (χ2v) is 5.27. The maximum absolute atomic E-state index is 12.1. The third-order valence-corrected chi connectivity index (χ3v) is 3.22. The smallest absolute Gasteiger partial charge is 0.238 e. The maximum Gasteiger partial charge on any atom is 0.238 e. The van der Waals surface area contributed by atoms with Gasteiger partial charge >= 0.3 is 0 Å². The summed E-state index contributed by atoms with van der Waals surface area (Å²) in [5.74, 6) is 1.36. The van der Waals surface area contributed by atoms with Gasteiger partial charge in [0.05, 0.1) is 20.2 Å². The number of aryl methyl sites for hydroxylation is 1. The van der Waals surface area contributed by atoms with E-state index in [1.807, 2.05) is 30.1 Å². The van der Waals surface area contributed by atoms with Crippen LogP contribution >= 0.6 is 0 Å². The zero-order valence-electron chi connectivity index (χ0n) is 13.7. The zero-order chi connectivity index (χ0) is 16.7. The number of carbonyl (C=O) groups is 1. The Morgan fingerprint density at radius 3 is 3.00 bits per heavy atom. The number of ether oxygens (including phenoxy) is 1. The fraction of sp³-hybridized carbons (Fsp3) is 0.467. The van der Waals surface area contributed by atoms with Crippen molar-refractivity contribution in [1.82, 2.24) is 25.1 Å². The summed E-state index contributed by atoms with van der Waals surface area (Å²) in [6.45, 7) is 3.59. The van der Waals surface area contributed by atoms with Crippen molar-refractivity contribution in [3.05, 3.63) is 30.1 Å². The molecule has 0 bridgehead atoms. The highest BCUT2D eigenvalue weighted by atomic mass is 16.5. The Morgan fingerprint density at radius 1 is 1.43 bits per heavy atom. The largest absolute Gasteiger partial charge is 0.497 e. The molecular weight excluding hydrogens is 296 g/mol. The van der Waals surface area contributed by atoms with Gasteiger partial charge in [0, 0.05) is 18.3 Å². The molecule has 1 N–H and O–H groups in total. The molecule has 0 aliphatic rings. The third-order valence-electron chi connectivity index (χ3n) is 3.22. The number of tetrazole rings is 1. The number of nitrogens with one attached hydrogen (secondary N) is 1. The molecule has 1 aromatic carbocycles. The van der Waals surface area contributed by atoms with Gasteiger partial charge in [0.25, 0.3) is 0 Å². The first-order valence-corrected chi connectivity index (χ1v) is 7.50. The summed E-state index contributed by atoms with van der Waals surface area (Å²) >= 11 is 0. The van der Waals surface area contributed by atoms with Crippen molar-refractivity contribution < 1.29 is 9.53 Å². The molecule has 1 amide bonds. The van der Waals surface area contributed by atoms with Gasteiger partial charge < -0.3 is 10.1 Å². The minimum absolute atomic E-state index is 0.102. The van der Waals surface area contributed by atoms with E-state index >= 15 is 0 Å². The molecule has 2 rings (SSSR count). The fourth-order valence-electron chi connectivity index (χ4n) is 2.17. The molecule has 0 aliphatic carbocycles. The number of anilines is 1. The zero-order valence-corrected chi connectivity index (χ0v) is 13.7. The van der Waals surface area contributed by atoms with E-state index in [-0.39, 0.29) is 12.5 Å². The van der Waals surface area contributed by atoms with Crippen molar-refractivity contribution >= 4 is 11.6 Å². The van der Waals surface area contributed by atoms with Gasteiger partial charge in [-0.3, -0.25) is 9.69 Å². The van der Waals surface area contributed by atoms with Gasteiger partial charge in [-0.2, -0.15) is 0 Å². The van der Waals surface area contributed by atoms with Crippen LogP contribution < -0.4 is 10.1 Å². The highest BCUT2D eigenvalue weighted by Crippen LogP contribution is 2.16. The molecule has 8 heteroatoms. The number of methoxy groups -OCH3 is 1. The molecule has 0 fully saturated rings.